The molecule has 3 aromatic rings. The zero-order valence-electron chi connectivity index (χ0n) is 18.0. The Bertz CT molecular complexity index is 1250. The Balaban J connectivity index is 1.76. The Morgan fingerprint density at radius 2 is 1.67 bits per heavy atom. The molecule has 1 unspecified atom stereocenters. The SMILES string of the molecule is CC(C)C(=O)Nc1ccccc1-c1nnc(SC(C)C(=O)Nc2cc(F)ccc2F)[nH]c1=O. The fraction of sp³-hybridized carbons (Fsp3) is 0.227. The molecule has 0 saturated carbocycles. The molecule has 0 aliphatic carbocycles. The van der Waals surface area contributed by atoms with Gasteiger partial charge in [-0.2, -0.15) is 0 Å². The number of carbonyl (C=O) groups is 2. The molecule has 1 atom stereocenters. The Kier molecular flexibility index (Phi) is 7.54. The molecule has 0 aliphatic heterocycles. The van der Waals surface area contributed by atoms with Gasteiger partial charge in [0.2, 0.25) is 11.8 Å². The Morgan fingerprint density at radius 1 is 0.970 bits per heavy atom. The number of amides is 2. The van der Waals surface area contributed by atoms with E-state index in [1.807, 2.05) is 0 Å². The largest absolute Gasteiger partial charge is 0.325 e. The molecule has 1 aromatic heterocycles. The number of aromatic amines is 1. The van der Waals surface area contributed by atoms with Crippen LogP contribution < -0.4 is 16.2 Å². The molecule has 33 heavy (non-hydrogen) atoms. The third-order valence-corrected chi connectivity index (χ3v) is 5.46. The number of hydrogen-bond acceptors (Lipinski definition) is 6. The lowest BCUT2D eigenvalue weighted by atomic mass is 10.1. The molecule has 172 valence electrons. The van der Waals surface area contributed by atoms with Gasteiger partial charge in [-0.05, 0) is 25.1 Å². The van der Waals surface area contributed by atoms with Crippen LogP contribution in [0.3, 0.4) is 0 Å². The number of rotatable bonds is 7. The van der Waals surface area contributed by atoms with E-state index in [9.17, 15) is 23.2 Å². The molecule has 1 heterocycles. The van der Waals surface area contributed by atoms with Crippen LogP contribution in [-0.2, 0) is 9.59 Å². The molecule has 0 radical (unpaired) electrons. The van der Waals surface area contributed by atoms with E-state index in [2.05, 4.69) is 25.8 Å². The second-order valence-corrected chi connectivity index (χ2v) is 8.70. The number of carbonyl (C=O) groups excluding carboxylic acids is 2. The maximum absolute atomic E-state index is 13.8. The van der Waals surface area contributed by atoms with Crippen molar-refractivity contribution in [3.8, 4) is 11.3 Å². The van der Waals surface area contributed by atoms with Crippen molar-refractivity contribution in [3.63, 3.8) is 0 Å². The first-order chi connectivity index (χ1) is 15.7. The van der Waals surface area contributed by atoms with Gasteiger partial charge in [0.25, 0.3) is 5.56 Å². The van der Waals surface area contributed by atoms with Crippen LogP contribution in [0, 0.1) is 17.6 Å². The zero-order chi connectivity index (χ0) is 24.1. The minimum Gasteiger partial charge on any atom is -0.325 e. The van der Waals surface area contributed by atoms with Gasteiger partial charge in [0.05, 0.1) is 16.6 Å². The minimum atomic E-state index is -0.805. The summed E-state index contributed by atoms with van der Waals surface area (Å²) >= 11 is 0.891. The molecular formula is C22H21F2N5O3S. The smallest absolute Gasteiger partial charge is 0.278 e. The number of aromatic nitrogens is 3. The van der Waals surface area contributed by atoms with Crippen LogP contribution in [0.25, 0.3) is 11.3 Å². The molecule has 0 spiro atoms. The standard InChI is InChI=1S/C22H21F2N5O3S/c1-11(2)19(30)25-16-7-5-4-6-14(16)18-21(32)27-22(29-28-18)33-12(3)20(31)26-17-10-13(23)8-9-15(17)24/h4-12H,1-3H3,(H,25,30)(H,26,31)(H,27,29,32). The van der Waals surface area contributed by atoms with E-state index in [-0.39, 0.29) is 28.4 Å². The summed E-state index contributed by atoms with van der Waals surface area (Å²) in [4.78, 5) is 39.6. The number of para-hydroxylation sites is 1. The molecule has 0 fully saturated rings. The summed E-state index contributed by atoms with van der Waals surface area (Å²) in [5.41, 5.74) is -0.0478. The van der Waals surface area contributed by atoms with Gasteiger partial charge >= 0.3 is 0 Å². The summed E-state index contributed by atoms with van der Waals surface area (Å²) in [6.07, 6.45) is 0. The summed E-state index contributed by atoms with van der Waals surface area (Å²) in [6.45, 7) is 5.01. The van der Waals surface area contributed by atoms with Crippen LogP contribution in [-0.4, -0.2) is 32.2 Å². The summed E-state index contributed by atoms with van der Waals surface area (Å²) in [5, 5.41) is 12.3. The monoisotopic (exact) mass is 473 g/mol. The predicted octanol–water partition coefficient (Wildman–Crippen LogP) is 3.82. The van der Waals surface area contributed by atoms with Crippen molar-refractivity contribution in [1.29, 1.82) is 0 Å². The molecule has 0 saturated heterocycles. The highest BCUT2D eigenvalue weighted by molar-refractivity contribution is 8.00. The summed E-state index contributed by atoms with van der Waals surface area (Å²) in [7, 11) is 0. The van der Waals surface area contributed by atoms with Gasteiger partial charge < -0.3 is 10.6 Å². The van der Waals surface area contributed by atoms with Crippen molar-refractivity contribution in [2.24, 2.45) is 5.92 Å². The quantitative estimate of drug-likeness (QED) is 0.449. The fourth-order valence-electron chi connectivity index (χ4n) is 2.68. The molecule has 3 N–H and O–H groups in total. The van der Waals surface area contributed by atoms with E-state index >= 15 is 0 Å². The molecule has 2 aromatic carbocycles. The molecule has 8 nitrogen and oxygen atoms in total. The first kappa shape index (κ1) is 24.1. The summed E-state index contributed by atoms with van der Waals surface area (Å²) < 4.78 is 27.1. The van der Waals surface area contributed by atoms with Gasteiger partial charge in [0.15, 0.2) is 10.9 Å². The number of anilines is 2. The normalized spacial score (nSPS) is 11.8. The van der Waals surface area contributed by atoms with Gasteiger partial charge in [0, 0.05) is 17.5 Å². The highest BCUT2D eigenvalue weighted by atomic mass is 32.2. The van der Waals surface area contributed by atoms with E-state index in [0.717, 1.165) is 30.0 Å². The van der Waals surface area contributed by atoms with Crippen molar-refractivity contribution in [2.75, 3.05) is 10.6 Å². The Hall–Kier alpha value is -3.60. The minimum absolute atomic E-state index is 0.00191. The van der Waals surface area contributed by atoms with Crippen LogP contribution in [0.15, 0.2) is 52.4 Å². The van der Waals surface area contributed by atoms with E-state index in [0.29, 0.717) is 11.3 Å². The lowest BCUT2D eigenvalue weighted by Crippen LogP contribution is -2.24. The third kappa shape index (κ3) is 6.01. The highest BCUT2D eigenvalue weighted by Gasteiger charge is 2.20. The third-order valence-electron chi connectivity index (χ3n) is 4.48. The number of benzene rings is 2. The van der Waals surface area contributed by atoms with Gasteiger partial charge in [-0.1, -0.05) is 43.8 Å². The van der Waals surface area contributed by atoms with Crippen LogP contribution in [0.5, 0.6) is 0 Å². The zero-order valence-corrected chi connectivity index (χ0v) is 18.8. The Labute approximate surface area is 192 Å². The van der Waals surface area contributed by atoms with Crippen LogP contribution in [0.4, 0.5) is 20.2 Å². The van der Waals surface area contributed by atoms with E-state index in [4.69, 9.17) is 0 Å². The van der Waals surface area contributed by atoms with Gasteiger partial charge in [-0.25, -0.2) is 8.78 Å². The van der Waals surface area contributed by atoms with Crippen molar-refractivity contribution >= 4 is 35.0 Å². The number of nitrogens with one attached hydrogen (secondary N) is 3. The van der Waals surface area contributed by atoms with Crippen molar-refractivity contribution in [2.45, 2.75) is 31.2 Å². The Morgan fingerprint density at radius 3 is 2.36 bits per heavy atom. The lowest BCUT2D eigenvalue weighted by molar-refractivity contribution is -0.119. The van der Waals surface area contributed by atoms with Crippen molar-refractivity contribution in [3.05, 3.63) is 64.5 Å². The molecule has 3 rings (SSSR count). The first-order valence-electron chi connectivity index (χ1n) is 9.95. The van der Waals surface area contributed by atoms with E-state index < -0.39 is 28.4 Å². The van der Waals surface area contributed by atoms with E-state index in [1.165, 1.54) is 6.92 Å². The molecule has 0 aliphatic rings. The molecule has 11 heteroatoms. The number of halogens is 2. The van der Waals surface area contributed by atoms with Crippen molar-refractivity contribution in [1.82, 2.24) is 15.2 Å². The van der Waals surface area contributed by atoms with Gasteiger partial charge in [0.1, 0.15) is 11.6 Å². The van der Waals surface area contributed by atoms with Crippen LogP contribution in [0.1, 0.15) is 20.8 Å². The lowest BCUT2D eigenvalue weighted by Gasteiger charge is -2.13. The average Bonchev–Trinajstić information content (AvgIpc) is 2.77. The topological polar surface area (TPSA) is 117 Å². The van der Waals surface area contributed by atoms with Gasteiger partial charge in [-0.15, -0.1) is 10.2 Å². The maximum atomic E-state index is 13.8. The maximum Gasteiger partial charge on any atom is 0.278 e. The first-order valence-corrected chi connectivity index (χ1v) is 10.8. The van der Waals surface area contributed by atoms with Crippen LogP contribution >= 0.6 is 11.8 Å². The average molecular weight is 474 g/mol. The summed E-state index contributed by atoms with van der Waals surface area (Å²) in [5.74, 6) is -2.55. The van der Waals surface area contributed by atoms with Gasteiger partial charge in [-0.3, -0.25) is 19.4 Å². The number of thioether (sulfide) groups is 1. The molecule has 2 amide bonds. The van der Waals surface area contributed by atoms with Crippen molar-refractivity contribution < 1.29 is 18.4 Å². The molecule has 0 bridgehead atoms. The number of H-pyrrole nitrogens is 1. The van der Waals surface area contributed by atoms with E-state index in [1.54, 1.807) is 38.1 Å². The summed E-state index contributed by atoms with van der Waals surface area (Å²) in [6, 6.07) is 9.41. The predicted molar refractivity (Wildman–Crippen MR) is 122 cm³/mol. The number of nitrogens with zero attached hydrogens (tertiary/aromatic N) is 2. The molecular weight excluding hydrogens is 452 g/mol. The van der Waals surface area contributed by atoms with Crippen LogP contribution in [0.2, 0.25) is 0 Å². The second-order valence-electron chi connectivity index (χ2n) is 7.37. The highest BCUT2D eigenvalue weighted by Crippen LogP contribution is 2.25. The second kappa shape index (κ2) is 10.3. The fourth-order valence-corrected chi connectivity index (χ4v) is 3.42. The number of hydrogen-bond donors (Lipinski definition) is 3.